The Kier molecular flexibility index (Phi) is 3.85. The molecule has 0 bridgehead atoms. The normalized spacial score (nSPS) is 18.3. The van der Waals surface area contributed by atoms with Crippen LogP contribution in [0.1, 0.15) is 23.2 Å². The third-order valence-electron chi connectivity index (χ3n) is 2.82. The van der Waals surface area contributed by atoms with Crippen molar-refractivity contribution in [2.24, 2.45) is 0 Å². The van der Waals surface area contributed by atoms with Crippen molar-refractivity contribution in [2.45, 2.75) is 18.9 Å². The molecule has 0 spiro atoms. The number of benzene rings is 1. The molecule has 92 valence electrons. The number of hydrogen-bond acceptors (Lipinski definition) is 3. The van der Waals surface area contributed by atoms with Crippen LogP contribution in [0.15, 0.2) is 54.1 Å². The zero-order valence-electron chi connectivity index (χ0n) is 9.87. The molecule has 1 atom stereocenters. The molecule has 0 saturated carbocycles. The van der Waals surface area contributed by atoms with E-state index in [1.807, 2.05) is 6.07 Å². The number of allylic oxidation sites excluding steroid dienone is 2. The van der Waals surface area contributed by atoms with E-state index in [2.05, 4.69) is 0 Å². The van der Waals surface area contributed by atoms with Gasteiger partial charge in [-0.3, -0.25) is 9.59 Å². The molecule has 0 heterocycles. The van der Waals surface area contributed by atoms with Gasteiger partial charge in [-0.1, -0.05) is 48.6 Å². The summed E-state index contributed by atoms with van der Waals surface area (Å²) in [5, 5.41) is 9.26. The van der Waals surface area contributed by atoms with Crippen molar-refractivity contribution in [3.8, 4) is 0 Å². The summed E-state index contributed by atoms with van der Waals surface area (Å²) in [6.45, 7) is 0. The van der Waals surface area contributed by atoms with Gasteiger partial charge in [0, 0.05) is 11.1 Å². The highest BCUT2D eigenvalue weighted by Crippen LogP contribution is 2.14. The van der Waals surface area contributed by atoms with E-state index in [9.17, 15) is 14.7 Å². The molecule has 1 aromatic rings. The molecule has 0 amide bonds. The summed E-state index contributed by atoms with van der Waals surface area (Å²) in [4.78, 5) is 23.7. The number of hydrogen-bond donors (Lipinski definition) is 1. The fraction of sp³-hybridized carbons (Fsp3) is 0.200. The highest BCUT2D eigenvalue weighted by Gasteiger charge is 2.16. The second kappa shape index (κ2) is 5.56. The number of aliphatic hydroxyl groups excluding tert-OH is 1. The summed E-state index contributed by atoms with van der Waals surface area (Å²) in [6, 6.07) is 8.77. The predicted octanol–water partition coefficient (Wildman–Crippen LogP) is 2.08. The van der Waals surface area contributed by atoms with Crippen LogP contribution in [-0.2, 0) is 4.79 Å². The van der Waals surface area contributed by atoms with Gasteiger partial charge >= 0.3 is 0 Å². The van der Waals surface area contributed by atoms with Gasteiger partial charge in [0.2, 0.25) is 0 Å². The van der Waals surface area contributed by atoms with Crippen LogP contribution in [0.25, 0.3) is 0 Å². The van der Waals surface area contributed by atoms with E-state index in [0.29, 0.717) is 17.6 Å². The average molecular weight is 242 g/mol. The van der Waals surface area contributed by atoms with Gasteiger partial charge in [0.15, 0.2) is 11.6 Å². The van der Waals surface area contributed by atoms with Crippen molar-refractivity contribution in [1.29, 1.82) is 0 Å². The lowest BCUT2D eigenvalue weighted by Gasteiger charge is -2.09. The van der Waals surface area contributed by atoms with Crippen molar-refractivity contribution in [1.82, 2.24) is 0 Å². The first-order chi connectivity index (χ1) is 8.66. The first kappa shape index (κ1) is 12.5. The first-order valence-electron chi connectivity index (χ1n) is 5.84. The van der Waals surface area contributed by atoms with Crippen LogP contribution in [0, 0.1) is 0 Å². The molecule has 0 fully saturated rings. The van der Waals surface area contributed by atoms with Crippen LogP contribution >= 0.6 is 0 Å². The van der Waals surface area contributed by atoms with E-state index in [1.54, 1.807) is 42.5 Å². The van der Waals surface area contributed by atoms with E-state index in [0.717, 1.165) is 0 Å². The smallest absolute Gasteiger partial charge is 0.170 e. The van der Waals surface area contributed by atoms with Crippen molar-refractivity contribution in [2.75, 3.05) is 0 Å². The fourth-order valence-corrected chi connectivity index (χ4v) is 1.79. The molecule has 0 saturated heterocycles. The van der Waals surface area contributed by atoms with Crippen LogP contribution < -0.4 is 0 Å². The van der Waals surface area contributed by atoms with Gasteiger partial charge in [-0.2, -0.15) is 0 Å². The van der Waals surface area contributed by atoms with Crippen LogP contribution in [-0.4, -0.2) is 22.8 Å². The molecule has 1 N–H and O–H groups in total. The van der Waals surface area contributed by atoms with Crippen LogP contribution in [0.5, 0.6) is 0 Å². The van der Waals surface area contributed by atoms with Crippen LogP contribution in [0.4, 0.5) is 0 Å². The maximum atomic E-state index is 11.9. The zero-order valence-corrected chi connectivity index (χ0v) is 9.87. The number of aliphatic hydroxyl groups is 1. The maximum Gasteiger partial charge on any atom is 0.170 e. The highest BCUT2D eigenvalue weighted by molar-refractivity contribution is 6.14. The Balaban J connectivity index is 2.01. The van der Waals surface area contributed by atoms with Gasteiger partial charge < -0.3 is 5.11 Å². The first-order valence-corrected chi connectivity index (χ1v) is 5.84. The summed E-state index contributed by atoms with van der Waals surface area (Å²) in [7, 11) is 0. The van der Waals surface area contributed by atoms with E-state index < -0.39 is 6.10 Å². The molecule has 1 unspecified atom stereocenters. The molecular weight excluding hydrogens is 228 g/mol. The van der Waals surface area contributed by atoms with Crippen LogP contribution in [0.3, 0.4) is 0 Å². The Bertz CT molecular complexity index is 512. The van der Waals surface area contributed by atoms with E-state index in [1.165, 1.54) is 0 Å². The number of rotatable bonds is 4. The molecule has 0 radical (unpaired) electrons. The van der Waals surface area contributed by atoms with Gasteiger partial charge in [-0.05, 0) is 6.42 Å². The minimum atomic E-state index is -0.522. The zero-order chi connectivity index (χ0) is 13.0. The molecular formula is C15H14O3. The third-order valence-corrected chi connectivity index (χ3v) is 2.82. The quantitative estimate of drug-likeness (QED) is 0.649. The molecule has 1 aliphatic carbocycles. The van der Waals surface area contributed by atoms with Gasteiger partial charge in [-0.15, -0.1) is 0 Å². The summed E-state index contributed by atoms with van der Waals surface area (Å²) < 4.78 is 0. The number of carbonyl (C=O) groups is 2. The summed E-state index contributed by atoms with van der Waals surface area (Å²) in [6.07, 6.45) is 4.60. The number of carbonyl (C=O) groups excluding carboxylic acids is 2. The molecule has 1 aromatic carbocycles. The topological polar surface area (TPSA) is 54.4 Å². The van der Waals surface area contributed by atoms with E-state index in [4.69, 9.17) is 0 Å². The largest absolute Gasteiger partial charge is 0.389 e. The third kappa shape index (κ3) is 3.02. The molecule has 18 heavy (non-hydrogen) atoms. The molecule has 0 aromatic heterocycles. The van der Waals surface area contributed by atoms with Crippen LogP contribution in [0.2, 0.25) is 0 Å². The summed E-state index contributed by atoms with van der Waals surface area (Å²) in [5.74, 6) is -0.381. The number of ketones is 2. The van der Waals surface area contributed by atoms with Gasteiger partial charge in [0.05, 0.1) is 12.5 Å². The lowest BCUT2D eigenvalue weighted by atomic mass is 9.97. The van der Waals surface area contributed by atoms with Gasteiger partial charge in [0.25, 0.3) is 0 Å². The van der Waals surface area contributed by atoms with Crippen molar-refractivity contribution < 1.29 is 14.7 Å². The van der Waals surface area contributed by atoms with Gasteiger partial charge in [-0.25, -0.2) is 0 Å². The molecule has 3 heteroatoms. The Hall–Kier alpha value is -2.00. The molecule has 0 aliphatic heterocycles. The van der Waals surface area contributed by atoms with E-state index >= 15 is 0 Å². The Morgan fingerprint density at radius 3 is 2.50 bits per heavy atom. The van der Waals surface area contributed by atoms with Gasteiger partial charge in [0.1, 0.15) is 0 Å². The SMILES string of the molecule is O=C(CC(=O)c1ccccc1)C1=CCC(O)C=C1. The molecule has 3 nitrogen and oxygen atoms in total. The average Bonchev–Trinajstić information content (AvgIpc) is 2.40. The Morgan fingerprint density at radius 1 is 1.17 bits per heavy atom. The summed E-state index contributed by atoms with van der Waals surface area (Å²) in [5.41, 5.74) is 1.05. The van der Waals surface area contributed by atoms with E-state index in [-0.39, 0.29) is 18.0 Å². The van der Waals surface area contributed by atoms with Crippen molar-refractivity contribution in [3.63, 3.8) is 0 Å². The number of Topliss-reactive ketones (excluding diaryl/α,β-unsaturated/α-hetero) is 2. The maximum absolute atomic E-state index is 11.9. The van der Waals surface area contributed by atoms with Crippen molar-refractivity contribution >= 4 is 11.6 Å². The fourth-order valence-electron chi connectivity index (χ4n) is 1.79. The van der Waals surface area contributed by atoms with Crippen molar-refractivity contribution in [3.05, 3.63) is 59.7 Å². The lowest BCUT2D eigenvalue weighted by molar-refractivity contribution is -0.114. The second-order valence-corrected chi connectivity index (χ2v) is 4.21. The molecule has 1 aliphatic rings. The Morgan fingerprint density at radius 2 is 1.89 bits per heavy atom. The minimum absolute atomic E-state index is 0.129. The summed E-state index contributed by atoms with van der Waals surface area (Å²) >= 11 is 0. The standard InChI is InChI=1S/C15H14O3/c16-13-8-6-12(7-9-13)15(18)10-14(17)11-4-2-1-3-5-11/h1-8,13,16H,9-10H2. The minimum Gasteiger partial charge on any atom is -0.389 e. The Labute approximate surface area is 105 Å². The molecule has 2 rings (SSSR count). The highest BCUT2D eigenvalue weighted by atomic mass is 16.3. The lowest BCUT2D eigenvalue weighted by Crippen LogP contribution is -2.13. The monoisotopic (exact) mass is 242 g/mol. The second-order valence-electron chi connectivity index (χ2n) is 4.21. The predicted molar refractivity (Wildman–Crippen MR) is 68.2 cm³/mol.